The van der Waals surface area contributed by atoms with Gasteiger partial charge in [-0.05, 0) is 17.5 Å². The van der Waals surface area contributed by atoms with E-state index in [0.29, 0.717) is 0 Å². The average Bonchev–Trinajstić information content (AvgIpc) is 2.28. The summed E-state index contributed by atoms with van der Waals surface area (Å²) in [7, 11) is 0. The Hall–Kier alpha value is -1.39. The zero-order chi connectivity index (χ0) is 12.0. The van der Waals surface area contributed by atoms with E-state index in [1.165, 1.54) is 5.56 Å². The van der Waals surface area contributed by atoms with Crippen LogP contribution in [0.5, 0.6) is 0 Å². The van der Waals surface area contributed by atoms with E-state index in [4.69, 9.17) is 15.6 Å². The number of benzene rings is 1. The van der Waals surface area contributed by atoms with Gasteiger partial charge in [0.05, 0.1) is 12.6 Å². The second-order valence-electron chi connectivity index (χ2n) is 3.61. The number of hydrogen-bond acceptors (Lipinski definition) is 3. The van der Waals surface area contributed by atoms with Crippen molar-refractivity contribution in [2.45, 2.75) is 19.4 Å². The monoisotopic (exact) mass is 223 g/mol. The Morgan fingerprint density at radius 3 is 2.56 bits per heavy atom. The maximum Gasteiger partial charge on any atom is 0.329 e. The molecule has 0 aliphatic heterocycles. The summed E-state index contributed by atoms with van der Waals surface area (Å²) in [6.45, 7) is 2.00. The topological polar surface area (TPSA) is 72.5 Å². The molecule has 3 N–H and O–H groups in total. The Balaban J connectivity index is 2.45. The highest BCUT2D eigenvalue weighted by atomic mass is 16.5. The van der Waals surface area contributed by atoms with Gasteiger partial charge < -0.3 is 15.6 Å². The lowest BCUT2D eigenvalue weighted by Gasteiger charge is -2.12. The van der Waals surface area contributed by atoms with E-state index >= 15 is 0 Å². The van der Waals surface area contributed by atoms with Crippen LogP contribution in [0.25, 0.3) is 0 Å². The first-order valence-electron chi connectivity index (χ1n) is 5.27. The van der Waals surface area contributed by atoms with Gasteiger partial charge in [-0.25, -0.2) is 4.79 Å². The van der Waals surface area contributed by atoms with Gasteiger partial charge in [-0.15, -0.1) is 0 Å². The molecule has 0 aliphatic carbocycles. The Bertz CT molecular complexity index is 335. The molecule has 0 saturated carbocycles. The van der Waals surface area contributed by atoms with Crippen LogP contribution in [0.4, 0.5) is 0 Å². The third-order valence-corrected chi connectivity index (χ3v) is 2.34. The van der Waals surface area contributed by atoms with Crippen LogP contribution in [0.2, 0.25) is 0 Å². The van der Waals surface area contributed by atoms with E-state index in [9.17, 15) is 4.79 Å². The molecule has 4 heteroatoms. The number of ether oxygens (including phenoxy) is 1. The zero-order valence-electron chi connectivity index (χ0n) is 9.35. The number of hydrogen-bond donors (Lipinski definition) is 2. The van der Waals surface area contributed by atoms with Gasteiger partial charge in [0.1, 0.15) is 6.61 Å². The molecule has 1 rings (SSSR count). The van der Waals surface area contributed by atoms with Crippen LogP contribution in [-0.4, -0.2) is 24.3 Å². The summed E-state index contributed by atoms with van der Waals surface area (Å²) in [6.07, 6.45) is 0.991. The summed E-state index contributed by atoms with van der Waals surface area (Å²) in [5.41, 5.74) is 8.07. The minimum absolute atomic E-state index is 0.220. The van der Waals surface area contributed by atoms with Crippen molar-refractivity contribution in [3.63, 3.8) is 0 Å². The fourth-order valence-corrected chi connectivity index (χ4v) is 1.37. The fraction of sp³-hybridized carbons (Fsp3) is 0.417. The van der Waals surface area contributed by atoms with Gasteiger partial charge in [0.2, 0.25) is 0 Å². The lowest BCUT2D eigenvalue weighted by molar-refractivity contribution is -0.142. The second-order valence-corrected chi connectivity index (χ2v) is 3.61. The van der Waals surface area contributed by atoms with Gasteiger partial charge in [0.15, 0.2) is 0 Å². The molecule has 0 radical (unpaired) electrons. The van der Waals surface area contributed by atoms with Gasteiger partial charge in [0.25, 0.3) is 0 Å². The number of carboxylic acids is 1. The molecule has 1 aromatic rings. The Labute approximate surface area is 95.0 Å². The van der Waals surface area contributed by atoms with E-state index in [0.717, 1.165) is 12.0 Å². The van der Waals surface area contributed by atoms with Crippen LogP contribution in [0, 0.1) is 0 Å². The van der Waals surface area contributed by atoms with Crippen molar-refractivity contribution < 1.29 is 14.6 Å². The SMILES string of the molecule is CCc1ccc(C(N)COCC(=O)O)cc1. The van der Waals surface area contributed by atoms with E-state index in [1.54, 1.807) is 0 Å². The average molecular weight is 223 g/mol. The first-order valence-corrected chi connectivity index (χ1v) is 5.27. The van der Waals surface area contributed by atoms with Crippen molar-refractivity contribution in [2.75, 3.05) is 13.2 Å². The smallest absolute Gasteiger partial charge is 0.329 e. The molecule has 0 saturated heterocycles. The summed E-state index contributed by atoms with van der Waals surface area (Å²) >= 11 is 0. The summed E-state index contributed by atoms with van der Waals surface area (Å²) in [5.74, 6) is -0.978. The molecule has 1 aromatic carbocycles. The minimum atomic E-state index is -0.978. The van der Waals surface area contributed by atoms with Gasteiger partial charge in [0, 0.05) is 0 Å². The molecule has 0 heterocycles. The van der Waals surface area contributed by atoms with Crippen molar-refractivity contribution in [1.29, 1.82) is 0 Å². The third kappa shape index (κ3) is 4.00. The number of aliphatic carboxylic acids is 1. The molecule has 1 atom stereocenters. The summed E-state index contributed by atoms with van der Waals surface area (Å²) < 4.78 is 4.94. The van der Waals surface area contributed by atoms with Gasteiger partial charge in [-0.2, -0.15) is 0 Å². The number of carboxylic acid groups (broad SMARTS) is 1. The molecule has 0 fully saturated rings. The quantitative estimate of drug-likeness (QED) is 0.763. The summed E-state index contributed by atoms with van der Waals surface area (Å²) in [4.78, 5) is 10.2. The molecule has 0 aliphatic rings. The van der Waals surface area contributed by atoms with E-state index in [1.807, 2.05) is 24.3 Å². The highest BCUT2D eigenvalue weighted by molar-refractivity contribution is 5.67. The highest BCUT2D eigenvalue weighted by Gasteiger charge is 2.07. The van der Waals surface area contributed by atoms with Crippen LogP contribution < -0.4 is 5.73 Å². The Kier molecular flexibility index (Phi) is 4.95. The molecule has 1 unspecified atom stereocenters. The molecule has 0 spiro atoms. The largest absolute Gasteiger partial charge is 0.480 e. The highest BCUT2D eigenvalue weighted by Crippen LogP contribution is 2.12. The van der Waals surface area contributed by atoms with Gasteiger partial charge >= 0.3 is 5.97 Å². The van der Waals surface area contributed by atoms with Gasteiger partial charge in [-0.1, -0.05) is 31.2 Å². The predicted octanol–water partition coefficient (Wildman–Crippen LogP) is 1.35. The van der Waals surface area contributed by atoms with Crippen molar-refractivity contribution in [2.24, 2.45) is 5.73 Å². The van der Waals surface area contributed by atoms with Crippen molar-refractivity contribution in [3.8, 4) is 0 Å². The molecular formula is C12H17NO3. The number of nitrogens with two attached hydrogens (primary N) is 1. The molecule has 16 heavy (non-hydrogen) atoms. The fourth-order valence-electron chi connectivity index (χ4n) is 1.37. The van der Waals surface area contributed by atoms with Crippen LogP contribution in [0.15, 0.2) is 24.3 Å². The predicted molar refractivity (Wildman–Crippen MR) is 61.2 cm³/mol. The van der Waals surface area contributed by atoms with E-state index < -0.39 is 5.97 Å². The first kappa shape index (κ1) is 12.7. The van der Waals surface area contributed by atoms with Crippen molar-refractivity contribution in [1.82, 2.24) is 0 Å². The summed E-state index contributed by atoms with van der Waals surface area (Å²) in [5, 5.41) is 8.40. The standard InChI is InChI=1S/C12H17NO3/c1-2-9-3-5-10(6-4-9)11(13)7-16-8-12(14)15/h3-6,11H,2,7-8,13H2,1H3,(H,14,15). The molecule has 0 amide bonds. The maximum absolute atomic E-state index is 10.2. The van der Waals surface area contributed by atoms with Crippen LogP contribution in [-0.2, 0) is 16.0 Å². The number of aryl methyl sites for hydroxylation is 1. The molecule has 88 valence electrons. The summed E-state index contributed by atoms with van der Waals surface area (Å²) in [6, 6.07) is 7.67. The van der Waals surface area contributed by atoms with Crippen molar-refractivity contribution >= 4 is 5.97 Å². The van der Waals surface area contributed by atoms with Crippen LogP contribution >= 0.6 is 0 Å². The van der Waals surface area contributed by atoms with Gasteiger partial charge in [-0.3, -0.25) is 0 Å². The molecule has 0 aromatic heterocycles. The number of carbonyl (C=O) groups is 1. The Morgan fingerprint density at radius 1 is 1.44 bits per heavy atom. The third-order valence-electron chi connectivity index (χ3n) is 2.34. The normalized spacial score (nSPS) is 12.4. The molecule has 0 bridgehead atoms. The Morgan fingerprint density at radius 2 is 2.06 bits per heavy atom. The van der Waals surface area contributed by atoms with E-state index in [-0.39, 0.29) is 19.3 Å². The molecule has 4 nitrogen and oxygen atoms in total. The van der Waals surface area contributed by atoms with Crippen molar-refractivity contribution in [3.05, 3.63) is 35.4 Å². The van der Waals surface area contributed by atoms with Crippen LogP contribution in [0.3, 0.4) is 0 Å². The zero-order valence-corrected chi connectivity index (χ0v) is 9.35. The second kappa shape index (κ2) is 6.25. The van der Waals surface area contributed by atoms with E-state index in [2.05, 4.69) is 6.92 Å². The first-order chi connectivity index (χ1) is 7.63. The lowest BCUT2D eigenvalue weighted by atomic mass is 10.1. The lowest BCUT2D eigenvalue weighted by Crippen LogP contribution is -2.19. The maximum atomic E-state index is 10.2. The van der Waals surface area contributed by atoms with Crippen LogP contribution in [0.1, 0.15) is 24.1 Å². The minimum Gasteiger partial charge on any atom is -0.480 e. The molecular weight excluding hydrogens is 206 g/mol. The number of rotatable bonds is 6.